The van der Waals surface area contributed by atoms with Gasteiger partial charge in [0.2, 0.25) is 0 Å². The first-order valence-corrected chi connectivity index (χ1v) is 6.59. The molecule has 1 atom stereocenters. The number of rotatable bonds is 5. The number of thiophene rings is 1. The molecule has 0 aliphatic rings. The summed E-state index contributed by atoms with van der Waals surface area (Å²) in [5, 5.41) is 4.51. The first-order chi connectivity index (χ1) is 8.82. The average Bonchev–Trinajstić information content (AvgIpc) is 2.76. The molecule has 1 aromatic heterocycles. The minimum absolute atomic E-state index is 0.237. The summed E-state index contributed by atoms with van der Waals surface area (Å²) >= 11 is 1.18. The van der Waals surface area contributed by atoms with Gasteiger partial charge < -0.3 is 15.8 Å². The molecule has 6 nitrogen and oxygen atoms in total. The highest BCUT2D eigenvalue weighted by Gasteiger charge is 2.21. The molecule has 0 spiro atoms. The largest absolute Gasteiger partial charge is 0.452 e. The van der Waals surface area contributed by atoms with E-state index < -0.39 is 23.9 Å². The Morgan fingerprint density at radius 2 is 1.95 bits per heavy atom. The summed E-state index contributed by atoms with van der Waals surface area (Å²) in [5.41, 5.74) is 5.40. The van der Waals surface area contributed by atoms with Crippen LogP contribution in [0.3, 0.4) is 0 Å². The van der Waals surface area contributed by atoms with Crippen molar-refractivity contribution >= 4 is 34.1 Å². The summed E-state index contributed by atoms with van der Waals surface area (Å²) in [6.07, 6.45) is -0.933. The molecule has 0 fully saturated rings. The van der Waals surface area contributed by atoms with Crippen molar-refractivity contribution in [2.24, 2.45) is 11.7 Å². The second-order valence-electron chi connectivity index (χ2n) is 4.25. The molecular weight excluding hydrogens is 268 g/mol. The van der Waals surface area contributed by atoms with Crippen molar-refractivity contribution in [1.82, 2.24) is 0 Å². The van der Waals surface area contributed by atoms with E-state index in [0.29, 0.717) is 5.00 Å². The number of hydrogen-bond donors (Lipinski definition) is 2. The number of anilines is 1. The van der Waals surface area contributed by atoms with Gasteiger partial charge in [0, 0.05) is 0 Å². The normalized spacial score (nSPS) is 12.0. The Balaban J connectivity index is 2.66. The van der Waals surface area contributed by atoms with Crippen LogP contribution in [0, 0.1) is 5.92 Å². The van der Waals surface area contributed by atoms with E-state index in [1.54, 1.807) is 19.2 Å². The summed E-state index contributed by atoms with van der Waals surface area (Å²) in [6, 6.07) is 1.52. The van der Waals surface area contributed by atoms with Gasteiger partial charge in [-0.3, -0.25) is 14.4 Å². The molecule has 1 aromatic rings. The van der Waals surface area contributed by atoms with E-state index in [9.17, 15) is 14.4 Å². The zero-order valence-corrected chi connectivity index (χ0v) is 11.7. The molecule has 7 heteroatoms. The predicted molar refractivity (Wildman–Crippen MR) is 71.9 cm³/mol. The maximum atomic E-state index is 11.8. The van der Waals surface area contributed by atoms with Crippen LogP contribution in [0.15, 0.2) is 11.4 Å². The van der Waals surface area contributed by atoms with Crippen molar-refractivity contribution < 1.29 is 19.1 Å². The first-order valence-electron chi connectivity index (χ1n) is 5.71. The Hall–Kier alpha value is -1.89. The number of carbonyl (C=O) groups is 3. The lowest BCUT2D eigenvalue weighted by molar-refractivity contribution is -0.156. The minimum atomic E-state index is -0.933. The third kappa shape index (κ3) is 4.06. The van der Waals surface area contributed by atoms with Gasteiger partial charge in [0.25, 0.3) is 11.8 Å². The molecule has 0 bridgehead atoms. The number of primary amides is 1. The highest BCUT2D eigenvalue weighted by atomic mass is 32.1. The molecule has 1 rings (SSSR count). The number of esters is 1. The van der Waals surface area contributed by atoms with E-state index in [0.717, 1.165) is 0 Å². The molecule has 0 saturated heterocycles. The Labute approximate surface area is 114 Å². The lowest BCUT2D eigenvalue weighted by Crippen LogP contribution is -2.31. The molecule has 1 unspecified atom stereocenters. The van der Waals surface area contributed by atoms with Gasteiger partial charge in [0.15, 0.2) is 6.10 Å². The topological polar surface area (TPSA) is 98.5 Å². The minimum Gasteiger partial charge on any atom is -0.452 e. The molecule has 104 valence electrons. The number of carbonyl (C=O) groups excluding carboxylic acids is 3. The third-order valence-corrected chi connectivity index (χ3v) is 3.13. The molecule has 1 heterocycles. The van der Waals surface area contributed by atoms with Crippen LogP contribution in [0.25, 0.3) is 0 Å². The van der Waals surface area contributed by atoms with E-state index in [4.69, 9.17) is 10.5 Å². The molecule has 0 aromatic carbocycles. The number of ether oxygens (including phenoxy) is 1. The third-order valence-electron chi connectivity index (χ3n) is 2.30. The van der Waals surface area contributed by atoms with Crippen molar-refractivity contribution in [3.05, 3.63) is 17.0 Å². The number of hydrogen-bond acceptors (Lipinski definition) is 5. The highest BCUT2D eigenvalue weighted by Crippen LogP contribution is 2.23. The number of amides is 2. The first kappa shape index (κ1) is 15.2. The molecule has 0 saturated carbocycles. The predicted octanol–water partition coefficient (Wildman–Crippen LogP) is 1.37. The molecule has 0 aliphatic heterocycles. The van der Waals surface area contributed by atoms with Gasteiger partial charge in [0.1, 0.15) is 5.00 Å². The molecule has 3 N–H and O–H groups in total. The van der Waals surface area contributed by atoms with Crippen molar-refractivity contribution in [2.45, 2.75) is 26.9 Å². The van der Waals surface area contributed by atoms with Gasteiger partial charge in [-0.2, -0.15) is 0 Å². The Kier molecular flexibility index (Phi) is 5.05. The molecule has 0 aliphatic carbocycles. The van der Waals surface area contributed by atoms with Crippen molar-refractivity contribution in [3.63, 3.8) is 0 Å². The van der Waals surface area contributed by atoms with Gasteiger partial charge in [-0.25, -0.2) is 0 Å². The maximum Gasteiger partial charge on any atom is 0.309 e. The van der Waals surface area contributed by atoms with Crippen LogP contribution in [-0.2, 0) is 14.3 Å². The van der Waals surface area contributed by atoms with Crippen LogP contribution in [-0.4, -0.2) is 23.9 Å². The van der Waals surface area contributed by atoms with Gasteiger partial charge in [0.05, 0.1) is 11.5 Å². The summed E-state index contributed by atoms with van der Waals surface area (Å²) in [4.78, 5) is 34.3. The van der Waals surface area contributed by atoms with Crippen LogP contribution >= 0.6 is 11.3 Å². The van der Waals surface area contributed by atoms with Crippen LogP contribution in [0.1, 0.15) is 31.1 Å². The van der Waals surface area contributed by atoms with E-state index in [1.807, 2.05) is 0 Å². The molecular formula is C12H16N2O4S. The quantitative estimate of drug-likeness (QED) is 0.798. The van der Waals surface area contributed by atoms with E-state index in [-0.39, 0.29) is 11.5 Å². The van der Waals surface area contributed by atoms with Gasteiger partial charge in [-0.05, 0) is 18.4 Å². The Morgan fingerprint density at radius 3 is 2.47 bits per heavy atom. The van der Waals surface area contributed by atoms with Gasteiger partial charge >= 0.3 is 5.97 Å². The van der Waals surface area contributed by atoms with Crippen LogP contribution in [0.5, 0.6) is 0 Å². The fourth-order valence-electron chi connectivity index (χ4n) is 1.18. The van der Waals surface area contributed by atoms with E-state index >= 15 is 0 Å². The lowest BCUT2D eigenvalue weighted by Gasteiger charge is -2.14. The fourth-order valence-corrected chi connectivity index (χ4v) is 1.97. The standard InChI is InChI=1S/C12H16N2O4S/c1-6(2)12(17)18-7(3)10(16)14-11-8(9(13)15)4-5-19-11/h4-7H,1-3H3,(H2,13,15)(H,14,16). The average molecular weight is 284 g/mol. The number of nitrogens with two attached hydrogens (primary N) is 1. The van der Waals surface area contributed by atoms with Crippen molar-refractivity contribution in [1.29, 1.82) is 0 Å². The molecule has 0 radical (unpaired) electrons. The monoisotopic (exact) mass is 284 g/mol. The summed E-state index contributed by atoms with van der Waals surface area (Å²) in [6.45, 7) is 4.82. The van der Waals surface area contributed by atoms with Crippen molar-refractivity contribution in [2.75, 3.05) is 5.32 Å². The second kappa shape index (κ2) is 6.33. The maximum absolute atomic E-state index is 11.8. The van der Waals surface area contributed by atoms with E-state index in [2.05, 4.69) is 5.32 Å². The lowest BCUT2D eigenvalue weighted by atomic mass is 10.2. The number of nitrogens with one attached hydrogen (secondary N) is 1. The summed E-state index contributed by atoms with van der Waals surface area (Å²) in [5.74, 6) is -1.88. The SMILES string of the molecule is CC(C)C(=O)OC(C)C(=O)Nc1sccc1C(N)=O. The van der Waals surface area contributed by atoms with Crippen molar-refractivity contribution in [3.8, 4) is 0 Å². The highest BCUT2D eigenvalue weighted by molar-refractivity contribution is 7.14. The van der Waals surface area contributed by atoms with E-state index in [1.165, 1.54) is 24.3 Å². The molecule has 19 heavy (non-hydrogen) atoms. The summed E-state index contributed by atoms with van der Waals surface area (Å²) < 4.78 is 4.96. The Morgan fingerprint density at radius 1 is 1.32 bits per heavy atom. The van der Waals surface area contributed by atoms with Crippen LogP contribution < -0.4 is 11.1 Å². The second-order valence-corrected chi connectivity index (χ2v) is 5.17. The zero-order chi connectivity index (χ0) is 14.6. The fraction of sp³-hybridized carbons (Fsp3) is 0.417. The Bertz CT molecular complexity index is 496. The van der Waals surface area contributed by atoms with Crippen LogP contribution in [0.2, 0.25) is 0 Å². The zero-order valence-electron chi connectivity index (χ0n) is 10.9. The van der Waals surface area contributed by atoms with Gasteiger partial charge in [-0.1, -0.05) is 13.8 Å². The molecule has 2 amide bonds. The smallest absolute Gasteiger partial charge is 0.309 e. The van der Waals surface area contributed by atoms with Crippen LogP contribution in [0.4, 0.5) is 5.00 Å². The summed E-state index contributed by atoms with van der Waals surface area (Å²) in [7, 11) is 0. The van der Waals surface area contributed by atoms with Gasteiger partial charge in [-0.15, -0.1) is 11.3 Å².